The molecule has 0 aliphatic rings. The maximum atomic E-state index is 11.5. The maximum Gasteiger partial charge on any atom is 0.232 e. The van der Waals surface area contributed by atoms with Crippen LogP contribution in [0.2, 0.25) is 0 Å². The molecule has 0 radical (unpaired) electrons. The van der Waals surface area contributed by atoms with Crippen molar-refractivity contribution in [2.24, 2.45) is 0 Å². The molecule has 0 heterocycles. The van der Waals surface area contributed by atoms with E-state index in [1.54, 1.807) is 25.1 Å². The van der Waals surface area contributed by atoms with E-state index in [0.717, 1.165) is 5.56 Å². The first kappa shape index (κ1) is 11.8. The molecular formula is C10H16N2O2S. The van der Waals surface area contributed by atoms with Gasteiger partial charge >= 0.3 is 0 Å². The van der Waals surface area contributed by atoms with Crippen LogP contribution in [0.15, 0.2) is 18.2 Å². The predicted molar refractivity (Wildman–Crippen MR) is 63.3 cm³/mol. The first-order valence-electron chi connectivity index (χ1n) is 4.82. The highest BCUT2D eigenvalue weighted by Crippen LogP contribution is 2.21. The molecule has 0 spiro atoms. The van der Waals surface area contributed by atoms with Gasteiger partial charge in [-0.2, -0.15) is 0 Å². The van der Waals surface area contributed by atoms with Crippen LogP contribution in [-0.2, 0) is 10.0 Å². The molecule has 0 saturated heterocycles. The van der Waals surface area contributed by atoms with Crippen molar-refractivity contribution < 1.29 is 8.42 Å². The summed E-state index contributed by atoms with van der Waals surface area (Å²) in [7, 11) is -3.23. The van der Waals surface area contributed by atoms with Crippen molar-refractivity contribution in [1.29, 1.82) is 0 Å². The van der Waals surface area contributed by atoms with E-state index in [4.69, 9.17) is 5.73 Å². The highest BCUT2D eigenvalue weighted by atomic mass is 32.2. The summed E-state index contributed by atoms with van der Waals surface area (Å²) in [5.41, 5.74) is 7.59. The second kappa shape index (κ2) is 4.53. The Balaban J connectivity index is 2.95. The Morgan fingerprint density at radius 3 is 2.67 bits per heavy atom. The molecule has 0 aromatic heterocycles. The summed E-state index contributed by atoms with van der Waals surface area (Å²) in [6.45, 7) is 3.62. The molecular weight excluding hydrogens is 212 g/mol. The molecule has 0 fully saturated rings. The Morgan fingerprint density at radius 2 is 2.07 bits per heavy atom. The lowest BCUT2D eigenvalue weighted by atomic mass is 10.2. The van der Waals surface area contributed by atoms with E-state index in [9.17, 15) is 8.42 Å². The number of nitrogens with one attached hydrogen (secondary N) is 1. The lowest BCUT2D eigenvalue weighted by Crippen LogP contribution is -2.17. The van der Waals surface area contributed by atoms with Gasteiger partial charge in [0.15, 0.2) is 0 Å². The van der Waals surface area contributed by atoms with Gasteiger partial charge in [-0.1, -0.05) is 13.0 Å². The van der Waals surface area contributed by atoms with Gasteiger partial charge in [0, 0.05) is 5.69 Å². The van der Waals surface area contributed by atoms with Crippen molar-refractivity contribution in [2.75, 3.05) is 16.2 Å². The summed E-state index contributed by atoms with van der Waals surface area (Å²) < 4.78 is 25.5. The number of rotatable bonds is 4. The molecule has 0 unspecified atom stereocenters. The largest absolute Gasteiger partial charge is 0.398 e. The van der Waals surface area contributed by atoms with Crippen molar-refractivity contribution in [2.45, 2.75) is 20.3 Å². The van der Waals surface area contributed by atoms with Crippen LogP contribution in [0.4, 0.5) is 11.4 Å². The molecule has 1 rings (SSSR count). The molecule has 0 amide bonds. The van der Waals surface area contributed by atoms with Gasteiger partial charge in [-0.15, -0.1) is 0 Å². The highest BCUT2D eigenvalue weighted by Gasteiger charge is 2.10. The molecule has 0 atom stereocenters. The topological polar surface area (TPSA) is 72.2 Å². The average molecular weight is 228 g/mol. The maximum absolute atomic E-state index is 11.5. The molecule has 1 aromatic carbocycles. The minimum absolute atomic E-state index is 0.126. The van der Waals surface area contributed by atoms with E-state index in [1.165, 1.54) is 0 Å². The summed E-state index contributed by atoms with van der Waals surface area (Å²) in [6, 6.07) is 5.18. The SMILES string of the molecule is CCCS(=O)(=O)Nc1cccc(N)c1C. The minimum atomic E-state index is -3.23. The van der Waals surface area contributed by atoms with Gasteiger partial charge in [-0.25, -0.2) is 8.42 Å². The third-order valence-electron chi connectivity index (χ3n) is 2.11. The van der Waals surface area contributed by atoms with Gasteiger partial charge in [-0.3, -0.25) is 4.72 Å². The quantitative estimate of drug-likeness (QED) is 0.771. The Labute approximate surface area is 90.5 Å². The number of anilines is 2. The first-order chi connectivity index (χ1) is 6.96. The lowest BCUT2D eigenvalue weighted by molar-refractivity contribution is 0.600. The van der Waals surface area contributed by atoms with Crippen molar-refractivity contribution in [3.63, 3.8) is 0 Å². The van der Waals surface area contributed by atoms with Crippen molar-refractivity contribution in [1.82, 2.24) is 0 Å². The fourth-order valence-electron chi connectivity index (χ4n) is 1.25. The van der Waals surface area contributed by atoms with Gasteiger partial charge in [0.25, 0.3) is 0 Å². The van der Waals surface area contributed by atoms with E-state index in [0.29, 0.717) is 17.8 Å². The zero-order valence-corrected chi connectivity index (χ0v) is 9.76. The number of sulfonamides is 1. The molecule has 5 heteroatoms. The van der Waals surface area contributed by atoms with Crippen LogP contribution in [0.1, 0.15) is 18.9 Å². The van der Waals surface area contributed by atoms with Gasteiger partial charge < -0.3 is 5.73 Å². The number of hydrogen-bond acceptors (Lipinski definition) is 3. The third-order valence-corrected chi connectivity index (χ3v) is 3.59. The van der Waals surface area contributed by atoms with E-state index >= 15 is 0 Å². The molecule has 1 aromatic rings. The zero-order valence-electron chi connectivity index (χ0n) is 8.95. The number of benzene rings is 1. The van der Waals surface area contributed by atoms with E-state index in [-0.39, 0.29) is 5.75 Å². The molecule has 15 heavy (non-hydrogen) atoms. The fraction of sp³-hybridized carbons (Fsp3) is 0.400. The van der Waals surface area contributed by atoms with Gasteiger partial charge in [0.05, 0.1) is 11.4 Å². The molecule has 0 bridgehead atoms. The fourth-order valence-corrected chi connectivity index (χ4v) is 2.45. The third kappa shape index (κ3) is 3.13. The standard InChI is InChI=1S/C10H16N2O2S/c1-3-7-15(13,14)12-10-6-4-5-9(11)8(10)2/h4-6,12H,3,7,11H2,1-2H3. The normalized spacial score (nSPS) is 11.3. The Hall–Kier alpha value is -1.23. The van der Waals surface area contributed by atoms with Crippen LogP contribution in [-0.4, -0.2) is 14.2 Å². The first-order valence-corrected chi connectivity index (χ1v) is 6.47. The van der Waals surface area contributed by atoms with Gasteiger partial charge in [0.2, 0.25) is 10.0 Å². The van der Waals surface area contributed by atoms with Crippen LogP contribution in [0.5, 0.6) is 0 Å². The molecule has 3 N–H and O–H groups in total. The number of nitrogen functional groups attached to an aromatic ring is 1. The smallest absolute Gasteiger partial charge is 0.232 e. The van der Waals surface area contributed by atoms with E-state index < -0.39 is 10.0 Å². The predicted octanol–water partition coefficient (Wildman–Crippen LogP) is 1.73. The minimum Gasteiger partial charge on any atom is -0.398 e. The summed E-state index contributed by atoms with van der Waals surface area (Å²) in [5, 5.41) is 0. The van der Waals surface area contributed by atoms with E-state index in [2.05, 4.69) is 4.72 Å². The number of nitrogens with two attached hydrogens (primary N) is 1. The summed E-state index contributed by atoms with van der Waals surface area (Å²) in [6.07, 6.45) is 0.594. The molecule has 0 saturated carbocycles. The summed E-state index contributed by atoms with van der Waals surface area (Å²) in [5.74, 6) is 0.126. The van der Waals surface area contributed by atoms with Crippen LogP contribution in [0.25, 0.3) is 0 Å². The monoisotopic (exact) mass is 228 g/mol. The molecule has 4 nitrogen and oxygen atoms in total. The number of hydrogen-bond donors (Lipinski definition) is 2. The second-order valence-electron chi connectivity index (χ2n) is 3.44. The molecule has 84 valence electrons. The van der Waals surface area contributed by atoms with Crippen molar-refractivity contribution >= 4 is 21.4 Å². The molecule has 0 aliphatic heterocycles. The molecule has 0 aliphatic carbocycles. The van der Waals surface area contributed by atoms with Gasteiger partial charge in [-0.05, 0) is 31.0 Å². The highest BCUT2D eigenvalue weighted by molar-refractivity contribution is 7.92. The zero-order chi connectivity index (χ0) is 11.5. The van der Waals surface area contributed by atoms with E-state index in [1.807, 2.05) is 6.92 Å². The Kier molecular flexibility index (Phi) is 3.57. The summed E-state index contributed by atoms with van der Waals surface area (Å²) in [4.78, 5) is 0. The average Bonchev–Trinajstić information content (AvgIpc) is 2.12. The van der Waals surface area contributed by atoms with Crippen LogP contribution >= 0.6 is 0 Å². The second-order valence-corrected chi connectivity index (χ2v) is 5.28. The Bertz CT molecular complexity index is 441. The van der Waals surface area contributed by atoms with Crippen molar-refractivity contribution in [3.05, 3.63) is 23.8 Å². The summed E-state index contributed by atoms with van der Waals surface area (Å²) >= 11 is 0. The van der Waals surface area contributed by atoms with Crippen molar-refractivity contribution in [3.8, 4) is 0 Å². The lowest BCUT2D eigenvalue weighted by Gasteiger charge is -2.11. The van der Waals surface area contributed by atoms with Crippen LogP contribution < -0.4 is 10.5 Å². The van der Waals surface area contributed by atoms with Gasteiger partial charge in [0.1, 0.15) is 0 Å². The van der Waals surface area contributed by atoms with Crippen LogP contribution in [0, 0.1) is 6.92 Å². The van der Waals surface area contributed by atoms with Crippen LogP contribution in [0.3, 0.4) is 0 Å². The Morgan fingerprint density at radius 1 is 1.40 bits per heavy atom.